The molecule has 0 saturated heterocycles. The van der Waals surface area contributed by atoms with Crippen LogP contribution in [0.15, 0.2) is 150 Å². The van der Waals surface area contributed by atoms with Crippen molar-refractivity contribution in [3.05, 3.63) is 163 Å². The Kier molecular flexibility index (Phi) is 6.36. The maximum absolute atomic E-state index is 6.68. The summed E-state index contributed by atoms with van der Waals surface area (Å²) in [6, 6.07) is 45.3. The van der Waals surface area contributed by atoms with Crippen LogP contribution in [0.4, 0.5) is 0 Å². The molecule has 9 aromatic rings. The van der Waals surface area contributed by atoms with Gasteiger partial charge in [-0.05, 0) is 77.1 Å². The van der Waals surface area contributed by atoms with Crippen molar-refractivity contribution in [1.29, 1.82) is 0 Å². The molecule has 5 heteroatoms. The van der Waals surface area contributed by atoms with E-state index < -0.39 is 0 Å². The van der Waals surface area contributed by atoms with Gasteiger partial charge in [0.25, 0.3) is 0 Å². The van der Waals surface area contributed by atoms with Crippen molar-refractivity contribution < 1.29 is 4.42 Å². The predicted molar refractivity (Wildman–Crippen MR) is 216 cm³/mol. The summed E-state index contributed by atoms with van der Waals surface area (Å²) in [5.74, 6) is 2.02. The molecule has 0 amide bonds. The number of hydrogen-bond acceptors (Lipinski definition) is 4. The number of aromatic nitrogens is 4. The van der Waals surface area contributed by atoms with Crippen LogP contribution in [0.3, 0.4) is 0 Å². The van der Waals surface area contributed by atoms with Gasteiger partial charge in [0.2, 0.25) is 0 Å². The molecule has 53 heavy (non-hydrogen) atoms. The Balaban J connectivity index is 1.11. The minimum absolute atomic E-state index is 0.0972. The molecule has 0 spiro atoms. The average molecular weight is 683 g/mol. The van der Waals surface area contributed by atoms with E-state index in [1.807, 2.05) is 30.3 Å². The summed E-state index contributed by atoms with van der Waals surface area (Å²) < 4.78 is 9.08. The second-order valence-electron chi connectivity index (χ2n) is 14.7. The highest BCUT2D eigenvalue weighted by Crippen LogP contribution is 2.51. The lowest BCUT2D eigenvalue weighted by atomic mass is 9.82. The van der Waals surface area contributed by atoms with E-state index in [9.17, 15) is 0 Å². The van der Waals surface area contributed by atoms with Crippen LogP contribution in [-0.4, -0.2) is 19.5 Å². The molecule has 0 fully saturated rings. The summed E-state index contributed by atoms with van der Waals surface area (Å²) in [7, 11) is 0. The summed E-state index contributed by atoms with van der Waals surface area (Å²) in [5, 5.41) is 4.52. The van der Waals surface area contributed by atoms with E-state index >= 15 is 0 Å². The Morgan fingerprint density at radius 2 is 1.38 bits per heavy atom. The van der Waals surface area contributed by atoms with Crippen LogP contribution in [0.1, 0.15) is 43.6 Å². The van der Waals surface area contributed by atoms with Crippen molar-refractivity contribution in [2.75, 3.05) is 0 Å². The second kappa shape index (κ2) is 11.2. The van der Waals surface area contributed by atoms with Crippen LogP contribution in [0.2, 0.25) is 0 Å². The van der Waals surface area contributed by atoms with Gasteiger partial charge in [-0.3, -0.25) is 0 Å². The standard InChI is InChI=1S/C48H34N4O/c1-48(2)38-21-11-9-18-32(38)36-27-37-33-19-10-12-22-40(33)52(41(37)28-39(36)48)31-24-25-34-43(26-31)53-42-23-13-20-35(44(34)42)47-50-45(29-14-5-3-6-15-29)49-46(51-47)30-16-7-4-8-17-30/h3-7,9-16,18-28H,8,17H2,1-2H3. The summed E-state index contributed by atoms with van der Waals surface area (Å²) in [5.41, 5.74) is 13.4. The number of hydrogen-bond donors (Lipinski definition) is 0. The average Bonchev–Trinajstić information content (AvgIpc) is 3.82. The van der Waals surface area contributed by atoms with Gasteiger partial charge in [0.15, 0.2) is 17.5 Å². The molecule has 2 aliphatic rings. The molecule has 0 N–H and O–H groups in total. The van der Waals surface area contributed by atoms with Gasteiger partial charge in [0.05, 0.1) is 11.0 Å². The van der Waals surface area contributed by atoms with Crippen LogP contribution >= 0.6 is 0 Å². The number of fused-ring (bicyclic) bond motifs is 9. The molecule has 0 atom stereocenters. The highest BCUT2D eigenvalue weighted by Gasteiger charge is 2.36. The van der Waals surface area contributed by atoms with Gasteiger partial charge in [0, 0.05) is 49.8 Å². The van der Waals surface area contributed by atoms with Crippen molar-refractivity contribution in [3.8, 4) is 39.6 Å². The van der Waals surface area contributed by atoms with E-state index in [0.29, 0.717) is 11.6 Å². The highest BCUT2D eigenvalue weighted by molar-refractivity contribution is 6.14. The molecule has 0 radical (unpaired) electrons. The van der Waals surface area contributed by atoms with Crippen molar-refractivity contribution in [2.24, 2.45) is 0 Å². The predicted octanol–water partition coefficient (Wildman–Crippen LogP) is 12.2. The molecule has 0 saturated carbocycles. The number of furan rings is 1. The summed E-state index contributed by atoms with van der Waals surface area (Å²) in [6.07, 6.45) is 8.26. The molecule has 3 aromatic heterocycles. The molecular formula is C48H34N4O. The first-order valence-electron chi connectivity index (χ1n) is 18.3. The van der Waals surface area contributed by atoms with E-state index in [4.69, 9.17) is 19.4 Å². The smallest absolute Gasteiger partial charge is 0.164 e. The van der Waals surface area contributed by atoms with Crippen molar-refractivity contribution >= 4 is 49.3 Å². The van der Waals surface area contributed by atoms with Gasteiger partial charge >= 0.3 is 0 Å². The van der Waals surface area contributed by atoms with Crippen LogP contribution in [0.25, 0.3) is 88.9 Å². The van der Waals surface area contributed by atoms with Gasteiger partial charge in [-0.25, -0.2) is 15.0 Å². The first kappa shape index (κ1) is 30.1. The van der Waals surface area contributed by atoms with Crippen molar-refractivity contribution in [3.63, 3.8) is 0 Å². The minimum Gasteiger partial charge on any atom is -0.456 e. The molecule has 0 bridgehead atoms. The normalized spacial score (nSPS) is 14.6. The zero-order valence-electron chi connectivity index (χ0n) is 29.5. The van der Waals surface area contributed by atoms with Gasteiger partial charge in [-0.15, -0.1) is 0 Å². The zero-order chi connectivity index (χ0) is 35.3. The summed E-state index contributed by atoms with van der Waals surface area (Å²) >= 11 is 0. The number of allylic oxidation sites excluding steroid dienone is 4. The van der Waals surface area contributed by atoms with E-state index in [1.54, 1.807) is 0 Å². The fourth-order valence-corrected chi connectivity index (χ4v) is 8.73. The molecule has 0 unspecified atom stereocenters. The Morgan fingerprint density at radius 3 is 2.26 bits per heavy atom. The van der Waals surface area contributed by atoms with Crippen LogP contribution in [0, 0.1) is 0 Å². The van der Waals surface area contributed by atoms with Crippen molar-refractivity contribution in [2.45, 2.75) is 32.1 Å². The molecule has 0 aliphatic heterocycles. The Hall–Kier alpha value is -6.59. The fourth-order valence-electron chi connectivity index (χ4n) is 8.73. The number of benzene rings is 6. The third-order valence-corrected chi connectivity index (χ3v) is 11.3. The quantitative estimate of drug-likeness (QED) is 0.185. The molecule has 252 valence electrons. The number of nitrogens with zero attached hydrogens (tertiary/aromatic N) is 4. The minimum atomic E-state index is -0.0972. The second-order valence-corrected chi connectivity index (χ2v) is 14.7. The van der Waals surface area contributed by atoms with Gasteiger partial charge in [-0.1, -0.05) is 117 Å². The Labute approximate surface area is 306 Å². The third kappa shape index (κ3) is 4.47. The van der Waals surface area contributed by atoms with Gasteiger partial charge in [-0.2, -0.15) is 0 Å². The van der Waals surface area contributed by atoms with E-state index in [0.717, 1.165) is 63.0 Å². The maximum atomic E-state index is 6.68. The summed E-state index contributed by atoms with van der Waals surface area (Å²) in [6.45, 7) is 4.69. The topological polar surface area (TPSA) is 56.7 Å². The molecule has 5 nitrogen and oxygen atoms in total. The van der Waals surface area contributed by atoms with Gasteiger partial charge in [0.1, 0.15) is 11.2 Å². The Bertz CT molecular complexity index is 3030. The van der Waals surface area contributed by atoms with E-state index in [2.05, 4.69) is 134 Å². The lowest BCUT2D eigenvalue weighted by molar-refractivity contribution is 0.661. The monoisotopic (exact) mass is 682 g/mol. The SMILES string of the molecule is CC1(C)c2ccccc2-c2cc3c4ccccc4n(-c4ccc5c(c4)oc4cccc(-c6nc(C7=CC=CCC7)nc(-c7ccccc7)n6)c45)c3cc21. The highest BCUT2D eigenvalue weighted by atomic mass is 16.3. The molecular weight excluding hydrogens is 649 g/mol. The van der Waals surface area contributed by atoms with E-state index in [1.165, 1.54) is 44.1 Å². The maximum Gasteiger partial charge on any atom is 0.164 e. The van der Waals surface area contributed by atoms with Crippen LogP contribution < -0.4 is 0 Å². The fraction of sp³-hybridized carbons (Fsp3) is 0.104. The molecule has 3 heterocycles. The molecule has 6 aromatic carbocycles. The third-order valence-electron chi connectivity index (χ3n) is 11.3. The summed E-state index contributed by atoms with van der Waals surface area (Å²) in [4.78, 5) is 15.1. The zero-order valence-corrected chi connectivity index (χ0v) is 29.5. The number of rotatable bonds is 4. The van der Waals surface area contributed by atoms with Gasteiger partial charge < -0.3 is 8.98 Å². The first-order chi connectivity index (χ1) is 26.0. The first-order valence-corrected chi connectivity index (χ1v) is 18.3. The number of para-hydroxylation sites is 1. The van der Waals surface area contributed by atoms with Crippen LogP contribution in [-0.2, 0) is 5.41 Å². The molecule has 11 rings (SSSR count). The van der Waals surface area contributed by atoms with E-state index in [-0.39, 0.29) is 5.41 Å². The lowest BCUT2D eigenvalue weighted by Gasteiger charge is -2.21. The largest absolute Gasteiger partial charge is 0.456 e. The molecule has 2 aliphatic carbocycles. The van der Waals surface area contributed by atoms with Crippen LogP contribution in [0.5, 0.6) is 0 Å². The Morgan fingerprint density at radius 1 is 0.585 bits per heavy atom. The lowest BCUT2D eigenvalue weighted by Crippen LogP contribution is -2.14. The van der Waals surface area contributed by atoms with Crippen molar-refractivity contribution in [1.82, 2.24) is 19.5 Å².